The molecule has 43 heavy (non-hydrogen) atoms. The summed E-state index contributed by atoms with van der Waals surface area (Å²) in [5.41, 5.74) is -0.894. The number of likely N-dealkylation sites (N-methyl/N-ethyl adjacent to an activating group) is 1. The van der Waals surface area contributed by atoms with Gasteiger partial charge in [-0.25, -0.2) is 4.79 Å². The van der Waals surface area contributed by atoms with E-state index >= 15 is 0 Å². The number of alkyl carbamates (subject to hydrolysis) is 1. The van der Waals surface area contributed by atoms with Crippen LogP contribution in [0, 0.1) is 5.92 Å². The molecule has 2 fully saturated rings. The minimum Gasteiger partial charge on any atom is -0.438 e. The monoisotopic (exact) mass is 613 g/mol. The number of benzene rings is 2. The minimum absolute atomic E-state index is 0.0758. The molecule has 4 N–H and O–H groups in total. The average Bonchev–Trinajstić information content (AvgIpc) is 3.79. The number of nitrogens with zero attached hydrogens (tertiary/aromatic N) is 1. The fourth-order valence-corrected chi connectivity index (χ4v) is 5.93. The van der Waals surface area contributed by atoms with Crippen LogP contribution in [0.15, 0.2) is 54.6 Å². The van der Waals surface area contributed by atoms with Gasteiger partial charge >= 0.3 is 6.09 Å². The van der Waals surface area contributed by atoms with E-state index in [4.69, 9.17) is 16.3 Å². The number of nitrogens with one attached hydrogen (secondary N) is 2. The van der Waals surface area contributed by atoms with Gasteiger partial charge in [-0.1, -0.05) is 86.2 Å². The van der Waals surface area contributed by atoms with Gasteiger partial charge in [0.25, 0.3) is 0 Å². The highest BCUT2D eigenvalue weighted by Gasteiger charge is 2.49. The van der Waals surface area contributed by atoms with E-state index in [1.807, 2.05) is 36.4 Å². The van der Waals surface area contributed by atoms with E-state index in [0.29, 0.717) is 37.3 Å². The first-order chi connectivity index (χ1) is 20.6. The molecule has 3 amide bonds. The molecular formula is C33H44ClN3O6. The van der Waals surface area contributed by atoms with Gasteiger partial charge in [0.05, 0.1) is 6.61 Å². The molecule has 2 aromatic carbocycles. The van der Waals surface area contributed by atoms with Crippen molar-refractivity contribution in [2.45, 2.75) is 88.0 Å². The van der Waals surface area contributed by atoms with Gasteiger partial charge < -0.3 is 30.5 Å². The maximum atomic E-state index is 13.5. The van der Waals surface area contributed by atoms with E-state index in [2.05, 4.69) is 10.6 Å². The Kier molecular flexibility index (Phi) is 11.5. The number of halogens is 1. The summed E-state index contributed by atoms with van der Waals surface area (Å²) >= 11 is 6.15. The molecule has 9 nitrogen and oxygen atoms in total. The van der Waals surface area contributed by atoms with Crippen molar-refractivity contribution in [1.82, 2.24) is 15.5 Å². The number of amides is 3. The lowest BCUT2D eigenvalue weighted by Crippen LogP contribution is -2.58. The molecule has 2 atom stereocenters. The van der Waals surface area contributed by atoms with Gasteiger partial charge in [-0.15, -0.1) is 0 Å². The average molecular weight is 614 g/mol. The van der Waals surface area contributed by atoms with E-state index in [9.17, 15) is 24.6 Å². The zero-order valence-electron chi connectivity index (χ0n) is 24.9. The van der Waals surface area contributed by atoms with Crippen LogP contribution in [0.4, 0.5) is 4.79 Å². The second-order valence-electron chi connectivity index (χ2n) is 12.1. The molecule has 2 saturated carbocycles. The van der Waals surface area contributed by atoms with Gasteiger partial charge in [0.2, 0.25) is 11.8 Å². The van der Waals surface area contributed by atoms with E-state index in [1.54, 1.807) is 30.1 Å². The number of carbonyl (C=O) groups excluding carboxylic acids is 3. The second-order valence-corrected chi connectivity index (χ2v) is 12.5. The zero-order chi connectivity index (χ0) is 30.9. The van der Waals surface area contributed by atoms with Crippen molar-refractivity contribution in [3.8, 4) is 0 Å². The number of carbonyl (C=O) groups is 3. The second kappa shape index (κ2) is 15.0. The van der Waals surface area contributed by atoms with Gasteiger partial charge in [-0.3, -0.25) is 9.59 Å². The van der Waals surface area contributed by atoms with Crippen LogP contribution in [0.2, 0.25) is 5.02 Å². The summed E-state index contributed by atoms with van der Waals surface area (Å²) in [5, 5.41) is 26.9. The lowest BCUT2D eigenvalue weighted by Gasteiger charge is -2.32. The number of rotatable bonds is 14. The number of hydrogen-bond acceptors (Lipinski definition) is 6. The summed E-state index contributed by atoms with van der Waals surface area (Å²) in [6.07, 6.45) is 6.54. The Labute approximate surface area is 258 Å². The van der Waals surface area contributed by atoms with Crippen LogP contribution >= 0.6 is 11.6 Å². The van der Waals surface area contributed by atoms with Gasteiger partial charge in [0.15, 0.2) is 5.72 Å². The van der Waals surface area contributed by atoms with Crippen LogP contribution < -0.4 is 10.6 Å². The third-order valence-corrected chi connectivity index (χ3v) is 8.85. The lowest BCUT2D eigenvalue weighted by atomic mass is 9.84. The van der Waals surface area contributed by atoms with Crippen molar-refractivity contribution in [1.29, 1.82) is 0 Å². The molecule has 0 spiro atoms. The van der Waals surface area contributed by atoms with Crippen molar-refractivity contribution in [3.05, 3.63) is 70.7 Å². The van der Waals surface area contributed by atoms with E-state index in [1.165, 1.54) is 0 Å². The standard InChI is InChI=1S/C33H44ClN3O6/c1-37(20-16-24-9-4-2-5-10-24)29(39)15-17-33(42,23-38)36-30(40)28(21-25-11-6-3-7-12-25)35-31(41)43-32(18-19-32)26-13-8-14-27(34)22-26/h2,4-5,8-10,13-14,22,25,28,38,42H,3,6-7,11-12,15-21,23H2,1H3,(H,35,41)(H,36,40)/t28-,33?/m0/s1. The third-order valence-electron chi connectivity index (χ3n) is 8.62. The highest BCUT2D eigenvalue weighted by molar-refractivity contribution is 6.30. The van der Waals surface area contributed by atoms with E-state index in [0.717, 1.165) is 43.2 Å². The van der Waals surface area contributed by atoms with Gasteiger partial charge in [-0.05, 0) is 54.9 Å². The third kappa shape index (κ3) is 9.68. The molecule has 4 rings (SSSR count). The normalized spacial score (nSPS) is 18.1. The fourth-order valence-electron chi connectivity index (χ4n) is 5.74. The molecule has 0 aromatic heterocycles. The number of aliphatic hydroxyl groups excluding tert-OH is 1. The Morgan fingerprint density at radius 2 is 1.81 bits per heavy atom. The highest BCUT2D eigenvalue weighted by Crippen LogP contribution is 2.49. The maximum absolute atomic E-state index is 13.5. The lowest BCUT2D eigenvalue weighted by molar-refractivity contribution is -0.139. The van der Waals surface area contributed by atoms with Crippen LogP contribution in [0.5, 0.6) is 0 Å². The Balaban J connectivity index is 1.35. The van der Waals surface area contributed by atoms with E-state index < -0.39 is 36.0 Å². The Morgan fingerprint density at radius 1 is 1.09 bits per heavy atom. The molecule has 1 unspecified atom stereocenters. The molecule has 2 aliphatic rings. The molecule has 10 heteroatoms. The van der Waals surface area contributed by atoms with Crippen molar-refractivity contribution >= 4 is 29.5 Å². The van der Waals surface area contributed by atoms with Crippen LogP contribution in [0.25, 0.3) is 0 Å². The van der Waals surface area contributed by atoms with Gasteiger partial charge in [0.1, 0.15) is 11.6 Å². The first-order valence-corrected chi connectivity index (χ1v) is 15.7. The summed E-state index contributed by atoms with van der Waals surface area (Å²) in [5.74, 6) is -0.612. The van der Waals surface area contributed by atoms with Crippen LogP contribution in [0.1, 0.15) is 75.3 Å². The molecule has 0 bridgehead atoms. The van der Waals surface area contributed by atoms with Crippen molar-refractivity contribution in [2.24, 2.45) is 5.92 Å². The predicted molar refractivity (Wildman–Crippen MR) is 164 cm³/mol. The largest absolute Gasteiger partial charge is 0.438 e. The topological polar surface area (TPSA) is 128 Å². The summed E-state index contributed by atoms with van der Waals surface area (Å²) in [7, 11) is 1.69. The molecule has 0 aliphatic heterocycles. The van der Waals surface area contributed by atoms with Crippen molar-refractivity contribution in [2.75, 3.05) is 20.2 Å². The predicted octanol–water partition coefficient (Wildman–Crippen LogP) is 4.67. The first-order valence-electron chi connectivity index (χ1n) is 15.3. The Hall–Kier alpha value is -3.14. The number of aliphatic hydroxyl groups is 2. The van der Waals surface area contributed by atoms with Crippen LogP contribution in [0.3, 0.4) is 0 Å². The maximum Gasteiger partial charge on any atom is 0.408 e. The minimum atomic E-state index is -2.03. The van der Waals surface area contributed by atoms with Gasteiger partial charge in [0, 0.05) is 31.5 Å². The molecule has 2 aliphatic carbocycles. The molecule has 0 heterocycles. The van der Waals surface area contributed by atoms with Crippen molar-refractivity contribution in [3.63, 3.8) is 0 Å². The molecule has 234 valence electrons. The fraction of sp³-hybridized carbons (Fsp3) is 0.545. The molecule has 0 radical (unpaired) electrons. The summed E-state index contributed by atoms with van der Waals surface area (Å²) in [6.45, 7) is -0.281. The van der Waals surface area contributed by atoms with Crippen LogP contribution in [-0.4, -0.2) is 65.0 Å². The SMILES string of the molecule is CN(CCc1ccccc1)C(=O)CCC(O)(CO)NC(=O)[C@H](CC1CCCCC1)NC(=O)OC1(c2cccc(Cl)c2)CC1. The highest BCUT2D eigenvalue weighted by atomic mass is 35.5. The summed E-state index contributed by atoms with van der Waals surface area (Å²) in [4.78, 5) is 40.9. The van der Waals surface area contributed by atoms with Gasteiger partial charge in [-0.2, -0.15) is 0 Å². The first kappa shape index (κ1) is 32.8. The smallest absolute Gasteiger partial charge is 0.408 e. The quantitative estimate of drug-likeness (QED) is 0.229. The summed E-state index contributed by atoms with van der Waals surface area (Å²) < 4.78 is 5.83. The molecular weight excluding hydrogens is 570 g/mol. The molecule has 2 aromatic rings. The number of hydrogen-bond donors (Lipinski definition) is 4. The Morgan fingerprint density at radius 3 is 2.47 bits per heavy atom. The van der Waals surface area contributed by atoms with Crippen molar-refractivity contribution < 1.29 is 29.3 Å². The van der Waals surface area contributed by atoms with Crippen LogP contribution in [-0.2, 0) is 26.3 Å². The van der Waals surface area contributed by atoms with E-state index in [-0.39, 0.29) is 24.7 Å². The zero-order valence-corrected chi connectivity index (χ0v) is 25.7. The number of ether oxygens (including phenoxy) is 1. The Bertz CT molecular complexity index is 1230. The molecule has 0 saturated heterocycles. The summed E-state index contributed by atoms with van der Waals surface area (Å²) in [6, 6.07) is 16.0.